The first kappa shape index (κ1) is 33.5. The fraction of sp³-hybridized carbons (Fsp3) is 0.310. The Balaban J connectivity index is 1.91. The van der Waals surface area contributed by atoms with Crippen molar-refractivity contribution in [2.75, 3.05) is 26.4 Å². The van der Waals surface area contributed by atoms with Crippen LogP contribution in [0.15, 0.2) is 57.5 Å². The Kier molecular flexibility index (Phi) is 10.8. The third kappa shape index (κ3) is 7.29. The number of ether oxygens (including phenoxy) is 4. The van der Waals surface area contributed by atoms with E-state index in [2.05, 4.69) is 4.99 Å². The second-order valence-electron chi connectivity index (χ2n) is 8.97. The van der Waals surface area contributed by atoms with Gasteiger partial charge in [0.15, 0.2) is 28.6 Å². The lowest BCUT2D eigenvalue weighted by atomic mass is 9.95. The van der Waals surface area contributed by atoms with E-state index in [0.717, 1.165) is 15.9 Å². The van der Waals surface area contributed by atoms with Gasteiger partial charge in [-0.2, -0.15) is 13.2 Å². The predicted molar refractivity (Wildman–Crippen MR) is 165 cm³/mol. The monoisotopic (exact) mass is 764 g/mol. The first-order chi connectivity index (χ1) is 20.9. The molecular weight excluding hydrogens is 740 g/mol. The van der Waals surface area contributed by atoms with E-state index < -0.39 is 41.0 Å². The highest BCUT2D eigenvalue weighted by molar-refractivity contribution is 14.1. The molecule has 0 radical (unpaired) electrons. The zero-order chi connectivity index (χ0) is 32.2. The zero-order valence-corrected chi connectivity index (χ0v) is 27.2. The number of aromatic nitrogens is 1. The summed E-state index contributed by atoms with van der Waals surface area (Å²) in [5.41, 5.74) is -2.25. The van der Waals surface area contributed by atoms with E-state index in [-0.39, 0.29) is 52.8 Å². The summed E-state index contributed by atoms with van der Waals surface area (Å²) in [4.78, 5) is 42.1. The fourth-order valence-corrected chi connectivity index (χ4v) is 6.27. The molecule has 3 aromatic rings. The van der Waals surface area contributed by atoms with Crippen LogP contribution in [0.5, 0.6) is 11.5 Å². The number of hydrogen-bond donors (Lipinski definition) is 0. The number of benzene rings is 2. The highest BCUT2D eigenvalue weighted by Crippen LogP contribution is 2.39. The molecule has 9 nitrogen and oxygen atoms in total. The van der Waals surface area contributed by atoms with Crippen molar-refractivity contribution < 1.29 is 41.7 Å². The van der Waals surface area contributed by atoms with Crippen molar-refractivity contribution in [2.24, 2.45) is 4.99 Å². The fourth-order valence-electron chi connectivity index (χ4n) is 4.36. The maximum Gasteiger partial charge on any atom is 0.434 e. The van der Waals surface area contributed by atoms with Gasteiger partial charge in [0.2, 0.25) is 0 Å². The lowest BCUT2D eigenvalue weighted by Gasteiger charge is -2.26. The standard InChI is InChI=1S/C29H25ClF3IN2O7S/c1-4-40-19-12-15(11-18(34)24(19)43-14-21(37)41-5-2)13-20-26(38)36-23(16-7-9-17(30)10-8-16)22(27(39)42-6-3)25(29(31,32)33)35-28(36)44-20/h7-13,23H,4-6,14H2,1-3H3/b20-13-/t23-/m0/s1. The van der Waals surface area contributed by atoms with Crippen LogP contribution in [0.1, 0.15) is 37.9 Å². The van der Waals surface area contributed by atoms with Gasteiger partial charge in [0.1, 0.15) is 0 Å². The van der Waals surface area contributed by atoms with Gasteiger partial charge in [-0.3, -0.25) is 9.36 Å². The number of alkyl halides is 3. The van der Waals surface area contributed by atoms with Crippen molar-refractivity contribution in [1.29, 1.82) is 0 Å². The predicted octanol–water partition coefficient (Wildman–Crippen LogP) is 4.94. The number of allylic oxidation sites excluding steroid dienone is 1. The molecule has 0 fully saturated rings. The molecule has 0 unspecified atom stereocenters. The van der Waals surface area contributed by atoms with E-state index in [4.69, 9.17) is 30.5 Å². The van der Waals surface area contributed by atoms with Gasteiger partial charge in [-0.1, -0.05) is 35.1 Å². The second kappa shape index (κ2) is 14.2. The van der Waals surface area contributed by atoms with E-state index in [9.17, 15) is 27.6 Å². The van der Waals surface area contributed by atoms with Gasteiger partial charge in [-0.05, 0) is 84.8 Å². The van der Waals surface area contributed by atoms with Crippen LogP contribution in [0.4, 0.5) is 13.2 Å². The molecular formula is C29H25ClF3IN2O7S. The number of hydrogen-bond acceptors (Lipinski definition) is 9. The number of nitrogens with zero attached hydrogens (tertiary/aromatic N) is 2. The SMILES string of the molecule is CCOC(=O)COc1c(I)cc(/C=c2\sc3n(c2=O)[C@@H](c2ccc(Cl)cc2)C(C(=O)OCC)=C(C(F)(F)F)N=3)cc1OCC. The molecule has 44 heavy (non-hydrogen) atoms. The summed E-state index contributed by atoms with van der Waals surface area (Å²) in [6.45, 7) is 4.80. The quantitative estimate of drug-likeness (QED) is 0.213. The molecule has 4 rings (SSSR count). The molecule has 1 atom stereocenters. The summed E-state index contributed by atoms with van der Waals surface area (Å²) in [6.07, 6.45) is -3.55. The van der Waals surface area contributed by atoms with Gasteiger partial charge in [-0.15, -0.1) is 0 Å². The molecule has 1 aliphatic rings. The van der Waals surface area contributed by atoms with Crippen LogP contribution in [0.25, 0.3) is 6.08 Å². The van der Waals surface area contributed by atoms with E-state index in [1.54, 1.807) is 26.0 Å². The molecule has 0 saturated carbocycles. The molecule has 234 valence electrons. The minimum absolute atomic E-state index is 0.0489. The zero-order valence-electron chi connectivity index (χ0n) is 23.5. The summed E-state index contributed by atoms with van der Waals surface area (Å²) < 4.78 is 65.8. The van der Waals surface area contributed by atoms with Gasteiger partial charge in [0, 0.05) is 5.02 Å². The average molecular weight is 765 g/mol. The third-order valence-electron chi connectivity index (χ3n) is 6.05. The molecule has 0 saturated heterocycles. The molecule has 0 N–H and O–H groups in total. The number of esters is 2. The van der Waals surface area contributed by atoms with Crippen molar-refractivity contribution in [2.45, 2.75) is 33.0 Å². The Morgan fingerprint density at radius 2 is 1.75 bits per heavy atom. The van der Waals surface area contributed by atoms with Gasteiger partial charge in [-0.25, -0.2) is 14.6 Å². The topological polar surface area (TPSA) is 105 Å². The number of carbonyl (C=O) groups is 2. The van der Waals surface area contributed by atoms with Gasteiger partial charge >= 0.3 is 18.1 Å². The minimum atomic E-state index is -5.02. The number of carbonyl (C=O) groups excluding carboxylic acids is 2. The lowest BCUT2D eigenvalue weighted by molar-refractivity contribution is -0.145. The molecule has 0 bridgehead atoms. The van der Waals surface area contributed by atoms with E-state index in [0.29, 0.717) is 14.2 Å². The summed E-state index contributed by atoms with van der Waals surface area (Å²) in [6, 6.07) is 7.52. The molecule has 2 heterocycles. The molecule has 0 amide bonds. The largest absolute Gasteiger partial charge is 0.490 e. The van der Waals surface area contributed by atoms with Crippen molar-refractivity contribution >= 4 is 63.5 Å². The van der Waals surface area contributed by atoms with E-state index in [1.807, 2.05) is 22.6 Å². The van der Waals surface area contributed by atoms with Crippen LogP contribution in [-0.2, 0) is 19.1 Å². The smallest absolute Gasteiger partial charge is 0.434 e. The third-order valence-corrected chi connectivity index (χ3v) is 8.09. The summed E-state index contributed by atoms with van der Waals surface area (Å²) in [7, 11) is 0. The highest BCUT2D eigenvalue weighted by atomic mass is 127. The number of halogens is 5. The van der Waals surface area contributed by atoms with Crippen molar-refractivity contribution in [3.05, 3.63) is 87.1 Å². The Hall–Kier alpha value is -3.37. The van der Waals surface area contributed by atoms with Gasteiger partial charge < -0.3 is 18.9 Å². The number of rotatable bonds is 10. The maximum atomic E-state index is 14.3. The Bertz CT molecular complexity index is 1790. The number of fused-ring (bicyclic) bond motifs is 1. The highest BCUT2D eigenvalue weighted by Gasteiger charge is 2.45. The Morgan fingerprint density at radius 1 is 1.07 bits per heavy atom. The molecule has 2 aromatic carbocycles. The van der Waals surface area contributed by atoms with Crippen molar-refractivity contribution in [3.8, 4) is 11.5 Å². The number of thiazole rings is 1. The lowest BCUT2D eigenvalue weighted by Crippen LogP contribution is -2.41. The summed E-state index contributed by atoms with van der Waals surface area (Å²) in [5.74, 6) is -1.24. The van der Waals surface area contributed by atoms with Crippen LogP contribution in [0.2, 0.25) is 5.02 Å². The molecule has 0 aliphatic carbocycles. The van der Waals surface area contributed by atoms with Crippen molar-refractivity contribution in [1.82, 2.24) is 4.57 Å². The van der Waals surface area contributed by atoms with E-state index in [1.165, 1.54) is 37.3 Å². The summed E-state index contributed by atoms with van der Waals surface area (Å²) >= 11 is 8.73. The molecule has 1 aromatic heterocycles. The normalized spacial score (nSPS) is 15.0. The minimum Gasteiger partial charge on any atom is -0.490 e. The van der Waals surface area contributed by atoms with Crippen LogP contribution >= 0.6 is 45.5 Å². The van der Waals surface area contributed by atoms with Crippen LogP contribution in [0, 0.1) is 3.57 Å². The van der Waals surface area contributed by atoms with Gasteiger partial charge in [0.25, 0.3) is 5.56 Å². The first-order valence-electron chi connectivity index (χ1n) is 13.2. The first-order valence-corrected chi connectivity index (χ1v) is 15.5. The molecule has 1 aliphatic heterocycles. The Labute approximate surface area is 271 Å². The molecule has 0 spiro atoms. The van der Waals surface area contributed by atoms with Crippen LogP contribution < -0.4 is 24.4 Å². The van der Waals surface area contributed by atoms with Crippen LogP contribution in [-0.4, -0.2) is 49.1 Å². The summed E-state index contributed by atoms with van der Waals surface area (Å²) in [5, 5.41) is 0.313. The van der Waals surface area contributed by atoms with Gasteiger partial charge in [0.05, 0.1) is 39.5 Å². The molecule has 15 heteroatoms. The second-order valence-corrected chi connectivity index (χ2v) is 11.6. The maximum absolute atomic E-state index is 14.3. The Morgan fingerprint density at radius 3 is 2.36 bits per heavy atom. The average Bonchev–Trinajstić information content (AvgIpc) is 3.26. The van der Waals surface area contributed by atoms with E-state index >= 15 is 0 Å². The van der Waals surface area contributed by atoms with Crippen molar-refractivity contribution in [3.63, 3.8) is 0 Å². The van der Waals surface area contributed by atoms with Crippen LogP contribution in [0.3, 0.4) is 0 Å².